The fraction of sp³-hybridized carbons (Fsp3) is 0.316. The second kappa shape index (κ2) is 5.60. The third-order valence-corrected chi connectivity index (χ3v) is 5.22. The molecule has 1 amide bonds. The topological polar surface area (TPSA) is 99.7 Å². The highest BCUT2D eigenvalue weighted by Gasteiger charge is 2.52. The van der Waals surface area contributed by atoms with Crippen molar-refractivity contribution in [2.24, 2.45) is 0 Å². The third-order valence-electron chi connectivity index (χ3n) is 5.22. The van der Waals surface area contributed by atoms with Crippen LogP contribution < -0.4 is 10.2 Å². The zero-order chi connectivity index (χ0) is 18.6. The SMILES string of the molecule is CC(=O)Nc1cc2c(cn1)C1(CC1)CN2c1cc(C)nc(-c2ccn[nH]2)n1. The lowest BCUT2D eigenvalue weighted by Gasteiger charge is -2.20. The van der Waals surface area contributed by atoms with Crippen molar-refractivity contribution in [2.45, 2.75) is 32.1 Å². The van der Waals surface area contributed by atoms with Gasteiger partial charge in [0.05, 0.1) is 5.69 Å². The molecule has 3 aromatic rings. The molecule has 0 unspecified atom stereocenters. The lowest BCUT2D eigenvalue weighted by molar-refractivity contribution is -0.114. The fourth-order valence-corrected chi connectivity index (χ4v) is 3.77. The summed E-state index contributed by atoms with van der Waals surface area (Å²) in [5, 5.41) is 9.70. The average molecular weight is 361 g/mol. The summed E-state index contributed by atoms with van der Waals surface area (Å²) < 4.78 is 0. The van der Waals surface area contributed by atoms with Crippen molar-refractivity contribution in [2.75, 3.05) is 16.8 Å². The molecule has 2 N–H and O–H groups in total. The van der Waals surface area contributed by atoms with Gasteiger partial charge in [-0.05, 0) is 25.8 Å². The van der Waals surface area contributed by atoms with Crippen LogP contribution in [0.1, 0.15) is 31.0 Å². The zero-order valence-corrected chi connectivity index (χ0v) is 15.2. The molecule has 0 atom stereocenters. The number of amides is 1. The van der Waals surface area contributed by atoms with Crippen LogP contribution in [-0.4, -0.2) is 37.6 Å². The maximum atomic E-state index is 11.4. The van der Waals surface area contributed by atoms with E-state index in [-0.39, 0.29) is 11.3 Å². The van der Waals surface area contributed by atoms with Gasteiger partial charge in [-0.25, -0.2) is 15.0 Å². The Balaban J connectivity index is 1.60. The highest BCUT2D eigenvalue weighted by atomic mass is 16.1. The fourth-order valence-electron chi connectivity index (χ4n) is 3.77. The standard InChI is InChI=1S/C19H19N7O/c1-11-7-17(24-18(22-11)14-3-6-21-25-14)26-10-19(4-5-19)13-9-20-16(8-15(13)26)23-12(2)27/h3,6-9H,4-5,10H2,1-2H3,(H,21,25)(H,20,23,27). The quantitative estimate of drug-likeness (QED) is 0.744. The molecule has 5 rings (SSSR count). The number of hydrogen-bond acceptors (Lipinski definition) is 6. The summed E-state index contributed by atoms with van der Waals surface area (Å²) in [4.78, 5) is 27.4. The van der Waals surface area contributed by atoms with Crippen LogP contribution in [0.15, 0.2) is 30.6 Å². The molecule has 0 saturated heterocycles. The van der Waals surface area contributed by atoms with Gasteiger partial charge in [0.1, 0.15) is 17.3 Å². The molecular weight excluding hydrogens is 342 g/mol. The first-order valence-corrected chi connectivity index (χ1v) is 8.95. The molecule has 1 aliphatic carbocycles. The van der Waals surface area contributed by atoms with Crippen LogP contribution in [0.5, 0.6) is 0 Å². The van der Waals surface area contributed by atoms with Crippen LogP contribution in [0, 0.1) is 6.92 Å². The second-order valence-corrected chi connectivity index (χ2v) is 7.30. The van der Waals surface area contributed by atoms with Crippen molar-refractivity contribution < 1.29 is 4.79 Å². The Morgan fingerprint density at radius 2 is 2.15 bits per heavy atom. The van der Waals surface area contributed by atoms with E-state index in [0.29, 0.717) is 11.6 Å². The number of aromatic amines is 1. The number of hydrogen-bond donors (Lipinski definition) is 2. The first kappa shape index (κ1) is 15.9. The molecule has 2 aliphatic rings. The molecule has 1 fully saturated rings. The summed E-state index contributed by atoms with van der Waals surface area (Å²) in [7, 11) is 0. The van der Waals surface area contributed by atoms with E-state index in [1.807, 2.05) is 31.3 Å². The van der Waals surface area contributed by atoms with Crippen molar-refractivity contribution in [1.82, 2.24) is 25.1 Å². The maximum Gasteiger partial charge on any atom is 0.222 e. The summed E-state index contributed by atoms with van der Waals surface area (Å²) in [5.74, 6) is 1.89. The largest absolute Gasteiger partial charge is 0.325 e. The summed E-state index contributed by atoms with van der Waals surface area (Å²) in [6, 6.07) is 5.79. The van der Waals surface area contributed by atoms with Crippen LogP contribution in [0.25, 0.3) is 11.5 Å². The van der Waals surface area contributed by atoms with E-state index in [4.69, 9.17) is 4.98 Å². The number of aromatic nitrogens is 5. The lowest BCUT2D eigenvalue weighted by atomic mass is 10.0. The van der Waals surface area contributed by atoms with Crippen LogP contribution in [-0.2, 0) is 10.2 Å². The van der Waals surface area contributed by atoms with E-state index < -0.39 is 0 Å². The predicted molar refractivity (Wildman–Crippen MR) is 101 cm³/mol. The van der Waals surface area contributed by atoms with Gasteiger partial charge in [-0.3, -0.25) is 9.89 Å². The molecule has 27 heavy (non-hydrogen) atoms. The number of nitrogens with zero attached hydrogens (tertiary/aromatic N) is 5. The Bertz CT molecular complexity index is 1040. The van der Waals surface area contributed by atoms with Crippen LogP contribution in [0.2, 0.25) is 0 Å². The van der Waals surface area contributed by atoms with E-state index in [0.717, 1.165) is 42.3 Å². The van der Waals surface area contributed by atoms with Gasteiger partial charge in [-0.15, -0.1) is 0 Å². The molecule has 0 radical (unpaired) electrons. The van der Waals surface area contributed by atoms with Gasteiger partial charge in [-0.1, -0.05) is 0 Å². The Morgan fingerprint density at radius 3 is 2.85 bits per heavy atom. The lowest BCUT2D eigenvalue weighted by Crippen LogP contribution is -2.20. The molecule has 0 aromatic carbocycles. The monoisotopic (exact) mass is 361 g/mol. The Kier molecular flexibility index (Phi) is 3.30. The van der Waals surface area contributed by atoms with Crippen molar-refractivity contribution in [3.8, 4) is 11.5 Å². The maximum absolute atomic E-state index is 11.4. The Labute approximate surface area is 156 Å². The van der Waals surface area contributed by atoms with Gasteiger partial charge in [0.25, 0.3) is 0 Å². The molecule has 1 saturated carbocycles. The minimum atomic E-state index is -0.132. The summed E-state index contributed by atoms with van der Waals surface area (Å²) in [6.07, 6.45) is 5.89. The van der Waals surface area contributed by atoms with Gasteiger partial charge in [0.15, 0.2) is 5.82 Å². The Morgan fingerprint density at radius 1 is 1.30 bits per heavy atom. The number of rotatable bonds is 3. The molecule has 8 nitrogen and oxygen atoms in total. The van der Waals surface area contributed by atoms with E-state index in [1.54, 1.807) is 6.20 Å². The molecule has 3 aromatic heterocycles. The van der Waals surface area contributed by atoms with Crippen LogP contribution in [0.4, 0.5) is 17.3 Å². The van der Waals surface area contributed by atoms with Gasteiger partial charge in [0.2, 0.25) is 5.91 Å². The number of anilines is 3. The number of carbonyl (C=O) groups excluding carboxylic acids is 1. The van der Waals surface area contributed by atoms with E-state index >= 15 is 0 Å². The van der Waals surface area contributed by atoms with E-state index in [1.165, 1.54) is 12.5 Å². The second-order valence-electron chi connectivity index (χ2n) is 7.30. The van der Waals surface area contributed by atoms with Crippen LogP contribution >= 0.6 is 0 Å². The Hall–Kier alpha value is -3.29. The predicted octanol–water partition coefficient (Wildman–Crippen LogP) is 2.71. The molecule has 0 bridgehead atoms. The van der Waals surface area contributed by atoms with Crippen LogP contribution in [0.3, 0.4) is 0 Å². The third kappa shape index (κ3) is 2.64. The number of aryl methyl sites for hydroxylation is 1. The molecule has 1 aliphatic heterocycles. The summed E-state index contributed by atoms with van der Waals surface area (Å²) in [5.41, 5.74) is 4.12. The van der Waals surface area contributed by atoms with Crippen molar-refractivity contribution in [1.29, 1.82) is 0 Å². The minimum absolute atomic E-state index is 0.132. The van der Waals surface area contributed by atoms with Crippen molar-refractivity contribution >= 4 is 23.2 Å². The smallest absolute Gasteiger partial charge is 0.222 e. The number of carbonyl (C=O) groups is 1. The molecule has 8 heteroatoms. The highest BCUT2D eigenvalue weighted by molar-refractivity contribution is 5.89. The number of H-pyrrole nitrogens is 1. The first-order chi connectivity index (χ1) is 13.0. The van der Waals surface area contributed by atoms with E-state index in [2.05, 4.69) is 30.4 Å². The van der Waals surface area contributed by atoms with Gasteiger partial charge in [0, 0.05) is 54.7 Å². The van der Waals surface area contributed by atoms with E-state index in [9.17, 15) is 4.79 Å². The molecular formula is C19H19N7O. The minimum Gasteiger partial charge on any atom is -0.325 e. The first-order valence-electron chi connectivity index (χ1n) is 8.95. The molecule has 4 heterocycles. The van der Waals surface area contributed by atoms with Gasteiger partial charge in [-0.2, -0.15) is 5.10 Å². The van der Waals surface area contributed by atoms with Gasteiger partial charge >= 0.3 is 0 Å². The van der Waals surface area contributed by atoms with Gasteiger partial charge < -0.3 is 10.2 Å². The number of fused-ring (bicyclic) bond motifs is 2. The summed E-state index contributed by atoms with van der Waals surface area (Å²) in [6.45, 7) is 4.32. The molecule has 1 spiro atoms. The number of pyridine rings is 1. The number of nitrogens with one attached hydrogen (secondary N) is 2. The zero-order valence-electron chi connectivity index (χ0n) is 15.2. The summed E-state index contributed by atoms with van der Waals surface area (Å²) >= 11 is 0. The van der Waals surface area contributed by atoms with Crippen molar-refractivity contribution in [3.05, 3.63) is 41.9 Å². The van der Waals surface area contributed by atoms with Crippen molar-refractivity contribution in [3.63, 3.8) is 0 Å². The highest BCUT2D eigenvalue weighted by Crippen LogP contribution is 2.58. The normalized spacial score (nSPS) is 16.4. The molecule has 136 valence electrons. The average Bonchev–Trinajstić information content (AvgIpc) is 3.07.